The summed E-state index contributed by atoms with van der Waals surface area (Å²) in [6, 6.07) is 1.22. The van der Waals surface area contributed by atoms with Crippen LogP contribution in [-0.4, -0.2) is 64.1 Å². The Morgan fingerprint density at radius 1 is 1.08 bits per heavy atom. The van der Waals surface area contributed by atoms with Gasteiger partial charge >= 0.3 is 0 Å². The van der Waals surface area contributed by atoms with E-state index in [1.165, 1.54) is 6.07 Å². The molecule has 3 aliphatic carbocycles. The van der Waals surface area contributed by atoms with E-state index < -0.39 is 17.1 Å². The van der Waals surface area contributed by atoms with Gasteiger partial charge in [-0.1, -0.05) is 29.4 Å². The smallest absolute Gasteiger partial charge is 0.200 e. The van der Waals surface area contributed by atoms with Gasteiger partial charge in [-0.25, -0.2) is 0 Å². The number of ketones is 2. The Balaban J connectivity index is 1.57. The Labute approximate surface area is 223 Å². The Morgan fingerprint density at radius 3 is 2.47 bits per heavy atom. The van der Waals surface area contributed by atoms with Gasteiger partial charge in [0.2, 0.25) is 0 Å². The number of ether oxygens (including phenoxy) is 2. The molecule has 38 heavy (non-hydrogen) atoms. The number of allylic oxidation sites excluding steroid dienone is 4. The quantitative estimate of drug-likeness (QED) is 0.534. The Hall–Kier alpha value is -2.90. The predicted octanol–water partition coefficient (Wildman–Crippen LogP) is 4.51. The van der Waals surface area contributed by atoms with Crippen LogP contribution in [0.25, 0.3) is 0 Å². The van der Waals surface area contributed by atoms with Crippen LogP contribution in [-0.2, 0) is 16.0 Å². The Kier molecular flexibility index (Phi) is 5.89. The van der Waals surface area contributed by atoms with Crippen LogP contribution in [0.2, 0.25) is 0 Å². The molecular formula is C31H37NO6. The zero-order chi connectivity index (χ0) is 27.0. The number of Topliss-reactive ketones (excluding diaryl/α,β-unsaturated/α-hetero) is 2. The van der Waals surface area contributed by atoms with Crippen LogP contribution in [0.3, 0.4) is 0 Å². The van der Waals surface area contributed by atoms with Gasteiger partial charge in [-0.15, -0.1) is 0 Å². The van der Waals surface area contributed by atoms with E-state index in [2.05, 4.69) is 4.90 Å². The molecule has 3 fully saturated rings. The fourth-order valence-electron chi connectivity index (χ4n) is 7.49. The van der Waals surface area contributed by atoms with Gasteiger partial charge in [0.15, 0.2) is 22.8 Å². The summed E-state index contributed by atoms with van der Waals surface area (Å²) in [5.41, 5.74) is 0.393. The normalized spacial score (nSPS) is 32.9. The molecule has 5 unspecified atom stereocenters. The van der Waals surface area contributed by atoms with E-state index in [9.17, 15) is 19.8 Å². The summed E-state index contributed by atoms with van der Waals surface area (Å²) < 4.78 is 13.5. The molecule has 2 N–H and O–H groups in total. The van der Waals surface area contributed by atoms with Gasteiger partial charge in [-0.2, -0.15) is 0 Å². The molecule has 7 heteroatoms. The van der Waals surface area contributed by atoms with Crippen molar-refractivity contribution in [1.29, 1.82) is 0 Å². The molecule has 7 nitrogen and oxygen atoms in total. The molecule has 0 aromatic heterocycles. The number of phenols is 2. The van der Waals surface area contributed by atoms with Crippen LogP contribution in [0.15, 0.2) is 41.0 Å². The first-order valence-corrected chi connectivity index (χ1v) is 13.8. The standard InChI is InChI=1S/C31H37NO6/c1-17(2)7-8-19-24(33)14-25(34)26-27(35)22-13-20-21(15-32-11-5-6-12-32)23-16-37-30(29(20)36,10-9-18(3)4)31(22,23)38-28(19)26/h7,9,13-14,20-21,23,33-34H,5-6,8,10-12,15-16H2,1-4H3. The molecule has 4 bridgehead atoms. The highest BCUT2D eigenvalue weighted by Gasteiger charge is 2.79. The molecule has 3 heterocycles. The van der Waals surface area contributed by atoms with Crippen molar-refractivity contribution in [2.75, 3.05) is 26.2 Å². The molecule has 202 valence electrons. The fourth-order valence-corrected chi connectivity index (χ4v) is 7.49. The van der Waals surface area contributed by atoms with E-state index in [0.717, 1.165) is 43.6 Å². The first-order valence-electron chi connectivity index (χ1n) is 13.8. The lowest BCUT2D eigenvalue weighted by Gasteiger charge is -2.58. The lowest BCUT2D eigenvalue weighted by molar-refractivity contribution is -0.171. The number of carbonyl (C=O) groups is 2. The molecule has 1 aromatic rings. The van der Waals surface area contributed by atoms with Gasteiger partial charge in [-0.05, 0) is 66.0 Å². The third-order valence-electron chi connectivity index (χ3n) is 9.31. The minimum atomic E-state index is -1.33. The van der Waals surface area contributed by atoms with E-state index in [4.69, 9.17) is 9.47 Å². The van der Waals surface area contributed by atoms with Crippen molar-refractivity contribution >= 4 is 11.6 Å². The average Bonchev–Trinajstić information content (AvgIpc) is 3.46. The van der Waals surface area contributed by atoms with Crippen molar-refractivity contribution in [1.82, 2.24) is 4.90 Å². The summed E-state index contributed by atoms with van der Waals surface area (Å²) in [5.74, 6) is -1.31. The first-order chi connectivity index (χ1) is 18.1. The molecule has 5 atom stereocenters. The van der Waals surface area contributed by atoms with Crippen molar-refractivity contribution in [2.45, 2.75) is 64.6 Å². The Morgan fingerprint density at radius 2 is 1.79 bits per heavy atom. The van der Waals surface area contributed by atoms with Gasteiger partial charge in [0.1, 0.15) is 22.8 Å². The largest absolute Gasteiger partial charge is 0.507 e. The number of nitrogens with zero attached hydrogens (tertiary/aromatic N) is 1. The molecule has 3 aliphatic heterocycles. The molecule has 7 rings (SSSR count). The van der Waals surface area contributed by atoms with Crippen LogP contribution >= 0.6 is 0 Å². The Bertz CT molecular complexity index is 1310. The van der Waals surface area contributed by atoms with Crippen LogP contribution < -0.4 is 4.74 Å². The van der Waals surface area contributed by atoms with Crippen LogP contribution in [0, 0.1) is 17.8 Å². The number of phenolic OH excluding ortho intramolecular Hbond substituents is 2. The minimum Gasteiger partial charge on any atom is -0.507 e. The van der Waals surface area contributed by atoms with Crippen LogP contribution in [0.5, 0.6) is 17.2 Å². The maximum atomic E-state index is 14.3. The number of hydrogen-bond acceptors (Lipinski definition) is 7. The second kappa shape index (κ2) is 8.82. The van der Waals surface area contributed by atoms with Gasteiger partial charge < -0.3 is 24.6 Å². The molecular weight excluding hydrogens is 482 g/mol. The average molecular weight is 520 g/mol. The summed E-state index contributed by atoms with van der Waals surface area (Å²) in [7, 11) is 0. The molecule has 2 saturated heterocycles. The topological polar surface area (TPSA) is 96.3 Å². The van der Waals surface area contributed by atoms with Gasteiger partial charge in [0.05, 0.1) is 6.61 Å². The number of likely N-dealkylation sites (tertiary alicyclic amines) is 1. The SMILES string of the molecule is CC(C)=CCc1c(O)cc(O)c2c1OC13C(=CC4C(=O)C1(CC=C(C)C)OCC3C4CN1CCCC1)C2=O. The second-order valence-corrected chi connectivity index (χ2v) is 12.1. The van der Waals surface area contributed by atoms with Gasteiger partial charge in [0, 0.05) is 42.0 Å². The van der Waals surface area contributed by atoms with Crippen molar-refractivity contribution < 1.29 is 29.3 Å². The van der Waals surface area contributed by atoms with E-state index in [0.29, 0.717) is 30.6 Å². The lowest BCUT2D eigenvalue weighted by Crippen LogP contribution is -2.74. The number of benzene rings is 1. The van der Waals surface area contributed by atoms with Gasteiger partial charge in [-0.3, -0.25) is 9.59 Å². The minimum absolute atomic E-state index is 0.0248. The summed E-state index contributed by atoms with van der Waals surface area (Å²) in [6.07, 6.45) is 8.71. The highest BCUT2D eigenvalue weighted by atomic mass is 16.6. The summed E-state index contributed by atoms with van der Waals surface area (Å²) in [5, 5.41) is 21.7. The van der Waals surface area contributed by atoms with Crippen molar-refractivity contribution in [3.8, 4) is 17.2 Å². The number of rotatable bonds is 6. The summed E-state index contributed by atoms with van der Waals surface area (Å²) in [6.45, 7) is 11.0. The zero-order valence-corrected chi connectivity index (χ0v) is 22.7. The molecule has 0 radical (unpaired) electrons. The number of hydrogen-bond donors (Lipinski definition) is 2. The number of carbonyl (C=O) groups excluding carboxylic acids is 2. The molecule has 0 amide bonds. The third-order valence-corrected chi connectivity index (χ3v) is 9.31. The first kappa shape index (κ1) is 25.4. The number of aromatic hydroxyl groups is 2. The van der Waals surface area contributed by atoms with Crippen LogP contribution in [0.1, 0.15) is 62.9 Å². The maximum absolute atomic E-state index is 14.3. The van der Waals surface area contributed by atoms with Crippen LogP contribution in [0.4, 0.5) is 0 Å². The van der Waals surface area contributed by atoms with E-state index in [1.54, 1.807) is 0 Å². The highest BCUT2D eigenvalue weighted by Crippen LogP contribution is 2.65. The molecule has 1 aromatic carbocycles. The third kappa shape index (κ3) is 3.34. The molecule has 1 spiro atoms. The van der Waals surface area contributed by atoms with Crippen molar-refractivity contribution in [2.24, 2.45) is 17.8 Å². The molecule has 6 aliphatic rings. The van der Waals surface area contributed by atoms with Crippen molar-refractivity contribution in [3.63, 3.8) is 0 Å². The monoisotopic (exact) mass is 519 g/mol. The lowest BCUT2D eigenvalue weighted by atomic mass is 9.49. The van der Waals surface area contributed by atoms with Gasteiger partial charge in [0.25, 0.3) is 0 Å². The summed E-state index contributed by atoms with van der Waals surface area (Å²) in [4.78, 5) is 31.0. The summed E-state index contributed by atoms with van der Waals surface area (Å²) >= 11 is 0. The maximum Gasteiger partial charge on any atom is 0.200 e. The molecule has 1 saturated carbocycles. The number of fused-ring (bicyclic) bond motifs is 1. The zero-order valence-electron chi connectivity index (χ0n) is 22.7. The predicted molar refractivity (Wildman–Crippen MR) is 143 cm³/mol. The van der Waals surface area contributed by atoms with E-state index in [-0.39, 0.29) is 46.2 Å². The van der Waals surface area contributed by atoms with Crippen molar-refractivity contribution in [3.05, 3.63) is 52.1 Å². The van der Waals surface area contributed by atoms with E-state index >= 15 is 0 Å². The van der Waals surface area contributed by atoms with E-state index in [1.807, 2.05) is 45.9 Å². The fraction of sp³-hybridized carbons (Fsp3) is 0.548. The second-order valence-electron chi connectivity index (χ2n) is 12.1. The highest BCUT2D eigenvalue weighted by molar-refractivity contribution is 6.18.